The number of nitro groups is 3. The van der Waals surface area contributed by atoms with Crippen LogP contribution in [0.4, 0.5) is 121 Å². The Kier molecular flexibility index (Phi) is 36.2. The van der Waals surface area contributed by atoms with Gasteiger partial charge in [0.25, 0.3) is 0 Å². The van der Waals surface area contributed by atoms with Gasteiger partial charge in [0.05, 0.1) is 40.2 Å². The van der Waals surface area contributed by atoms with E-state index in [0.29, 0.717) is 87.1 Å². The van der Waals surface area contributed by atoms with E-state index in [-0.39, 0.29) is 166 Å². The maximum absolute atomic E-state index is 14.2. The minimum Gasteiger partial charge on any atom is -0.460 e. The highest BCUT2D eigenvalue weighted by Crippen LogP contribution is 2.40. The number of ketones is 1. The molecule has 8 aromatic rings. The minimum atomic E-state index is -4.84. The van der Waals surface area contributed by atoms with E-state index < -0.39 is 46.0 Å². The standard InChI is InChI=1S/C24H29F3N6O5.C22H27F4N5O2.C22H28F3N7O3.C22H25F3N6O4/c1-15(34)37-19-13-32(14-19)18-8-6-16(7-9-18)10-28-22-20(33(35)36)12-30-23(31-22)29-11-17-4-2-3-5-21(17)38-24(25,26)27;23-18-11-29-21(28-10-15-3-1-2-4-19(15)33-22(24,25)26)30-20(18)27-9-14-5-7-16(8-6-14)31-12-17(32)13-31;23-22(24,25)35-19-4-2-1-3-15(19)10-28-21-29-11-18(32(33)34)20(30-21)27-9-14-5-7-17(8-6-14)31-12-16(26)13-31;23-22(24,25)35-19-4-2-1-3-15(19)10-27-21-28-11-18(31(33)34)20(29-21)26-9-14-5-7-16(8-6-14)30-12-17(32)13-30/h2-5,12,16,18-19H,6-11,13-14H2,1H3,(H2,28,29,30,31);1-4,11,14,16-17,32H,5-10,12-13H2,(H2,27,28,29,30);1-4,11,14,16-17H,5-10,12-13,26H2,(H2,27,28,29,30);1-4,11,14,16H,5-10,12-13H2,(H2,26,27,28,29). The second-order valence-corrected chi connectivity index (χ2v) is 35.7. The molecule has 8 aliphatic rings. The summed E-state index contributed by atoms with van der Waals surface area (Å²) in [5.41, 5.74) is 5.99. The number of esters is 1. The fraction of sp³-hybridized carbons (Fsp3) is 0.533. The number of likely N-dealkylation sites (tertiary alicyclic amines) is 4. The van der Waals surface area contributed by atoms with Crippen LogP contribution in [-0.2, 0) is 40.5 Å². The number of halogens is 13. The predicted molar refractivity (Wildman–Crippen MR) is 488 cm³/mol. The van der Waals surface area contributed by atoms with E-state index in [1.165, 1.54) is 79.7 Å². The first-order chi connectivity index (χ1) is 67.2. The molecule has 4 saturated carbocycles. The van der Waals surface area contributed by atoms with Gasteiger partial charge in [-0.05, 0) is 151 Å². The molecule has 0 bridgehead atoms. The van der Waals surface area contributed by atoms with Crippen LogP contribution in [0.25, 0.3) is 0 Å². The third-order valence-electron chi connectivity index (χ3n) is 25.5. The third-order valence-corrected chi connectivity index (χ3v) is 25.5. The van der Waals surface area contributed by atoms with E-state index >= 15 is 0 Å². The second kappa shape index (κ2) is 48.4. The van der Waals surface area contributed by atoms with Crippen LogP contribution in [0.5, 0.6) is 23.0 Å². The van der Waals surface area contributed by atoms with Gasteiger partial charge in [0.2, 0.25) is 41.2 Å². The number of anilines is 8. The molecule has 4 aliphatic heterocycles. The molecule has 4 aromatic carbocycles. The van der Waals surface area contributed by atoms with Crippen molar-refractivity contribution in [2.75, 3.05) is 121 Å². The van der Waals surface area contributed by atoms with Gasteiger partial charge < -0.3 is 77.1 Å². The molecule has 4 aromatic heterocycles. The molecule has 8 heterocycles. The second-order valence-electron chi connectivity index (χ2n) is 35.7. The van der Waals surface area contributed by atoms with Gasteiger partial charge in [0, 0.05) is 151 Å². The number of para-hydroxylation sites is 4. The first kappa shape index (κ1) is 105. The average Bonchev–Trinajstić information content (AvgIpc) is 0.819. The molecule has 11 N–H and O–H groups in total. The van der Waals surface area contributed by atoms with Gasteiger partial charge in [-0.25, -0.2) is 24.3 Å². The number of nitrogens with one attached hydrogen (secondary N) is 8. The van der Waals surface area contributed by atoms with Gasteiger partial charge in [-0.1, -0.05) is 72.8 Å². The highest BCUT2D eigenvalue weighted by Gasteiger charge is 2.42. The third kappa shape index (κ3) is 32.5. The number of ether oxygens (including phenoxy) is 5. The molecule has 0 atom stereocenters. The summed E-state index contributed by atoms with van der Waals surface area (Å²) >= 11 is 0. The van der Waals surface area contributed by atoms with Crippen LogP contribution < -0.4 is 67.2 Å². The van der Waals surface area contributed by atoms with Crippen molar-refractivity contribution in [3.8, 4) is 23.0 Å². The summed E-state index contributed by atoms with van der Waals surface area (Å²) in [5.74, 6) is -0.171. The Labute approximate surface area is 799 Å². The number of Topliss-reactive ketones (excluding diaryl/α,β-unsaturated/α-hetero) is 1. The van der Waals surface area contributed by atoms with Crippen molar-refractivity contribution in [2.24, 2.45) is 29.4 Å². The number of carbonyl (C=O) groups is 2. The fourth-order valence-corrected chi connectivity index (χ4v) is 18.1. The average molecular weight is 2000 g/mol. The smallest absolute Gasteiger partial charge is 0.460 e. The van der Waals surface area contributed by atoms with Crippen molar-refractivity contribution >= 4 is 75.9 Å². The monoisotopic (exact) mass is 2000 g/mol. The van der Waals surface area contributed by atoms with E-state index in [0.717, 1.165) is 167 Å². The van der Waals surface area contributed by atoms with E-state index in [1.54, 1.807) is 24.3 Å². The van der Waals surface area contributed by atoms with Crippen molar-refractivity contribution in [3.63, 3.8) is 0 Å². The van der Waals surface area contributed by atoms with Crippen LogP contribution in [0.1, 0.15) is 132 Å². The van der Waals surface area contributed by atoms with E-state index in [9.17, 15) is 102 Å². The van der Waals surface area contributed by atoms with Crippen LogP contribution in [0.2, 0.25) is 0 Å². The number of β-amino-alcohol motifs (C(OH)–C–C–N with tert-alkyl or cyclic N) is 1. The van der Waals surface area contributed by atoms with E-state index in [1.807, 2.05) is 0 Å². The number of nitrogens with two attached hydrogens (primary N) is 1. The summed E-state index contributed by atoms with van der Waals surface area (Å²) in [6.45, 7) is 9.23. The molecule has 0 spiro atoms. The molecule has 8 fully saturated rings. The Hall–Kier alpha value is -13.0. The van der Waals surface area contributed by atoms with E-state index in [4.69, 9.17) is 10.5 Å². The van der Waals surface area contributed by atoms with Crippen molar-refractivity contribution in [2.45, 2.75) is 204 Å². The summed E-state index contributed by atoms with van der Waals surface area (Å²) in [6, 6.07) is 25.0. The Bertz CT molecular complexity index is 5480. The molecular formula is C90H109F13N24O14. The van der Waals surface area contributed by atoms with Crippen LogP contribution in [-0.4, -0.2) is 238 Å². The first-order valence-corrected chi connectivity index (χ1v) is 46.1. The van der Waals surface area contributed by atoms with Crippen molar-refractivity contribution in [3.05, 3.63) is 180 Å². The Balaban J connectivity index is 0.000000158. The molecule has 764 valence electrons. The normalized spacial score (nSPS) is 21.0. The highest BCUT2D eigenvalue weighted by molar-refractivity contribution is 5.87. The lowest BCUT2D eigenvalue weighted by molar-refractivity contribution is -0.384. The molecule has 4 saturated heterocycles. The number of alkyl halides is 12. The summed E-state index contributed by atoms with van der Waals surface area (Å²) < 4.78 is 187. The fourth-order valence-electron chi connectivity index (χ4n) is 18.1. The largest absolute Gasteiger partial charge is 0.573 e. The molecule has 0 unspecified atom stereocenters. The van der Waals surface area contributed by atoms with Crippen molar-refractivity contribution < 1.29 is 110 Å². The number of carbonyl (C=O) groups excluding carboxylic acids is 2. The van der Waals surface area contributed by atoms with Gasteiger partial charge in [-0.3, -0.25) is 59.5 Å². The Morgan fingerprint density at radius 2 is 0.660 bits per heavy atom. The van der Waals surface area contributed by atoms with Crippen molar-refractivity contribution in [1.29, 1.82) is 0 Å². The maximum atomic E-state index is 14.2. The number of aromatic nitrogens is 8. The zero-order valence-electron chi connectivity index (χ0n) is 76.5. The number of aliphatic hydroxyl groups excluding tert-OH is 1. The lowest BCUT2D eigenvalue weighted by atomic mass is 9.84. The van der Waals surface area contributed by atoms with Crippen molar-refractivity contribution in [1.82, 2.24) is 59.5 Å². The molecule has 38 nitrogen and oxygen atoms in total. The first-order valence-electron chi connectivity index (χ1n) is 46.1. The van der Waals surface area contributed by atoms with Gasteiger partial charge in [-0.15, -0.1) is 52.7 Å². The Morgan fingerprint density at radius 1 is 0.397 bits per heavy atom. The van der Waals surface area contributed by atoms with Gasteiger partial charge >= 0.3 is 48.5 Å². The summed E-state index contributed by atoms with van der Waals surface area (Å²) in [7, 11) is 0. The van der Waals surface area contributed by atoms with Gasteiger partial charge in [-0.2, -0.15) is 19.9 Å². The van der Waals surface area contributed by atoms with Gasteiger partial charge in [0.1, 0.15) is 47.7 Å². The zero-order chi connectivity index (χ0) is 101. The predicted octanol–water partition coefficient (Wildman–Crippen LogP) is 15.1. The van der Waals surface area contributed by atoms with Crippen LogP contribution in [0.3, 0.4) is 0 Å². The number of hydrogen-bond donors (Lipinski definition) is 10. The topological polar surface area (TPSA) is 468 Å². The van der Waals surface area contributed by atoms with Gasteiger partial charge in [0.15, 0.2) is 17.4 Å². The molecule has 0 amide bonds. The lowest BCUT2D eigenvalue weighted by Gasteiger charge is -2.45. The minimum absolute atomic E-state index is 0.0213. The molecule has 16 rings (SSSR count). The molecular weight excluding hydrogens is 1890 g/mol. The number of rotatable bonds is 36. The maximum Gasteiger partial charge on any atom is 0.573 e. The van der Waals surface area contributed by atoms with Crippen LogP contribution in [0.15, 0.2) is 122 Å². The van der Waals surface area contributed by atoms with Crippen LogP contribution >= 0.6 is 0 Å². The summed E-state index contributed by atoms with van der Waals surface area (Å²) in [5, 5.41) is 67.4. The summed E-state index contributed by atoms with van der Waals surface area (Å²) in [6.07, 6.45) is 0.649. The molecule has 141 heavy (non-hydrogen) atoms. The van der Waals surface area contributed by atoms with Crippen LogP contribution in [0, 0.1) is 59.8 Å². The zero-order valence-corrected chi connectivity index (χ0v) is 76.5. The number of nitrogens with zero attached hydrogens (tertiary/aromatic N) is 15. The highest BCUT2D eigenvalue weighted by atomic mass is 19.4. The number of aliphatic hydroxyl groups is 1. The SMILES string of the molecule is CC(=O)OC1CN(C2CCC(CNc3nc(NCc4ccccc4OC(F)(F)F)ncc3[N+](=O)[O-])CC2)C1.NC1CN(C2CCC(CNc3nc(NCc4ccccc4OC(F)(F)F)ncc3[N+](=O)[O-])CC2)C1.O=C1CN(C2CCC(CNc3nc(NCc4ccccc4OC(F)(F)F)ncc3[N+](=O)[O-])CC2)C1.OC1CN(C2CCC(CNc3nc(NCc4ccccc4OC(F)(F)F)ncc3F)CC2)C1. The Morgan fingerprint density at radius 3 is 0.929 bits per heavy atom. The summed E-state index contributed by atoms with van der Waals surface area (Å²) in [4.78, 5) is 96.6. The molecule has 4 aliphatic carbocycles. The quantitative estimate of drug-likeness (QED) is 0.00754. The lowest BCUT2D eigenvalue weighted by Crippen LogP contribution is -2.59. The van der Waals surface area contributed by atoms with E-state index in [2.05, 4.69) is 121 Å². The number of benzene rings is 4. The number of hydrogen-bond acceptors (Lipinski definition) is 35. The molecule has 51 heteroatoms. The molecule has 0 radical (unpaired) electrons.